The molecule has 1 aromatic heterocycles. The van der Waals surface area contributed by atoms with Crippen LogP contribution in [0.5, 0.6) is 0 Å². The summed E-state index contributed by atoms with van der Waals surface area (Å²) in [6.07, 6.45) is 0.244. The van der Waals surface area contributed by atoms with Gasteiger partial charge in [-0.25, -0.2) is 4.98 Å². The second kappa shape index (κ2) is 4.51. The summed E-state index contributed by atoms with van der Waals surface area (Å²) in [6.45, 7) is 7.95. The number of aromatic nitrogens is 1. The molecule has 0 aliphatic carbocycles. The van der Waals surface area contributed by atoms with E-state index >= 15 is 0 Å². The lowest BCUT2D eigenvalue weighted by Crippen LogP contribution is -2.41. The van der Waals surface area contributed by atoms with Gasteiger partial charge in [-0.3, -0.25) is 0 Å². The molecule has 1 aromatic rings. The van der Waals surface area contributed by atoms with Crippen molar-refractivity contribution >= 4 is 18.4 Å². The second-order valence-corrected chi connectivity index (χ2v) is 5.70. The fourth-order valence-electron chi connectivity index (χ4n) is 1.88. The molecule has 2 N–H and O–H groups in total. The monoisotopic (exact) mass is 259 g/mol. The van der Waals surface area contributed by atoms with Crippen molar-refractivity contribution in [2.24, 2.45) is 0 Å². The molecular formula is C13H18BN3O2. The van der Waals surface area contributed by atoms with Crippen molar-refractivity contribution in [3.63, 3.8) is 0 Å². The van der Waals surface area contributed by atoms with Crippen LogP contribution in [0.1, 0.15) is 33.4 Å². The van der Waals surface area contributed by atoms with Crippen LogP contribution >= 0.6 is 0 Å². The molecule has 1 aliphatic rings. The Kier molecular flexibility index (Phi) is 3.29. The molecule has 1 saturated heterocycles. The molecule has 19 heavy (non-hydrogen) atoms. The highest BCUT2D eigenvalue weighted by atomic mass is 16.7. The van der Waals surface area contributed by atoms with Crippen molar-refractivity contribution in [2.75, 3.05) is 5.73 Å². The van der Waals surface area contributed by atoms with E-state index in [1.54, 1.807) is 6.07 Å². The largest absolute Gasteiger partial charge is 0.498 e. The van der Waals surface area contributed by atoms with Crippen molar-refractivity contribution in [3.8, 4) is 6.07 Å². The van der Waals surface area contributed by atoms with Crippen molar-refractivity contribution in [1.29, 1.82) is 5.26 Å². The molecule has 5 nitrogen and oxygen atoms in total. The van der Waals surface area contributed by atoms with E-state index in [4.69, 9.17) is 20.3 Å². The maximum Gasteiger partial charge on any atom is 0.498 e. The first kappa shape index (κ1) is 13.8. The molecule has 100 valence electrons. The molecule has 2 heterocycles. The number of nitrogen functional groups attached to an aromatic ring is 1. The summed E-state index contributed by atoms with van der Waals surface area (Å²) in [7, 11) is -0.520. The van der Waals surface area contributed by atoms with E-state index in [1.165, 1.54) is 0 Å². The van der Waals surface area contributed by atoms with E-state index in [2.05, 4.69) is 4.98 Å². The number of hydrogen-bond acceptors (Lipinski definition) is 5. The molecule has 0 spiro atoms. The third-order valence-electron chi connectivity index (χ3n) is 3.78. The number of rotatable bonds is 2. The Morgan fingerprint density at radius 3 is 2.32 bits per heavy atom. The molecule has 1 fully saturated rings. The summed E-state index contributed by atoms with van der Waals surface area (Å²) in [5, 5.41) is 8.65. The molecule has 1 aliphatic heterocycles. The lowest BCUT2D eigenvalue weighted by Gasteiger charge is -2.32. The summed E-state index contributed by atoms with van der Waals surface area (Å²) in [6, 6.07) is 5.64. The van der Waals surface area contributed by atoms with E-state index in [9.17, 15) is 0 Å². The molecule has 0 bridgehead atoms. The number of nitriles is 1. The van der Waals surface area contributed by atoms with Gasteiger partial charge in [0.1, 0.15) is 5.82 Å². The van der Waals surface area contributed by atoms with Crippen molar-refractivity contribution in [3.05, 3.63) is 17.8 Å². The molecule has 0 radical (unpaired) electrons. The van der Waals surface area contributed by atoms with Crippen LogP contribution in [0.3, 0.4) is 0 Å². The average molecular weight is 259 g/mol. The van der Waals surface area contributed by atoms with E-state index in [1.807, 2.05) is 39.8 Å². The molecule has 2 rings (SSSR count). The van der Waals surface area contributed by atoms with Gasteiger partial charge in [0.15, 0.2) is 0 Å². The minimum Gasteiger partial charge on any atom is -0.399 e. The smallest absolute Gasteiger partial charge is 0.399 e. The SMILES string of the molecule is CC1(C)OB(c2ccc(CC#N)nc2N)OC1(C)C. The minimum atomic E-state index is -0.520. The fraction of sp³-hybridized carbons (Fsp3) is 0.538. The topological polar surface area (TPSA) is 81.2 Å². The highest BCUT2D eigenvalue weighted by Gasteiger charge is 2.52. The Hall–Kier alpha value is -1.58. The van der Waals surface area contributed by atoms with E-state index < -0.39 is 18.3 Å². The predicted octanol–water partition coefficient (Wildman–Crippen LogP) is 1.03. The summed E-state index contributed by atoms with van der Waals surface area (Å²) in [4.78, 5) is 4.20. The van der Waals surface area contributed by atoms with Crippen LogP contribution in [0.4, 0.5) is 5.82 Å². The maximum atomic E-state index is 8.65. The first-order valence-corrected chi connectivity index (χ1v) is 6.25. The van der Waals surface area contributed by atoms with Crippen LogP contribution < -0.4 is 11.2 Å². The van der Waals surface area contributed by atoms with Gasteiger partial charge in [-0.1, -0.05) is 6.07 Å². The van der Waals surface area contributed by atoms with Crippen LogP contribution in [0.2, 0.25) is 0 Å². The Labute approximate surface area is 113 Å². The van der Waals surface area contributed by atoms with Crippen LogP contribution in [0.15, 0.2) is 12.1 Å². The Morgan fingerprint density at radius 1 is 1.26 bits per heavy atom. The predicted molar refractivity (Wildman–Crippen MR) is 73.7 cm³/mol. The van der Waals surface area contributed by atoms with E-state index in [0.717, 1.165) is 0 Å². The number of pyridine rings is 1. The zero-order valence-electron chi connectivity index (χ0n) is 11.7. The molecular weight excluding hydrogens is 241 g/mol. The summed E-state index contributed by atoms with van der Waals surface area (Å²) >= 11 is 0. The number of nitrogens with zero attached hydrogens (tertiary/aromatic N) is 2. The van der Waals surface area contributed by atoms with Gasteiger partial charge in [-0.05, 0) is 33.8 Å². The van der Waals surface area contributed by atoms with Crippen LogP contribution in [0.25, 0.3) is 0 Å². The van der Waals surface area contributed by atoms with Gasteiger partial charge in [-0.15, -0.1) is 0 Å². The van der Waals surface area contributed by atoms with Gasteiger partial charge in [0, 0.05) is 5.46 Å². The first-order valence-electron chi connectivity index (χ1n) is 6.25. The second-order valence-electron chi connectivity index (χ2n) is 5.70. The highest BCUT2D eigenvalue weighted by molar-refractivity contribution is 6.63. The van der Waals surface area contributed by atoms with Crippen molar-refractivity contribution < 1.29 is 9.31 Å². The summed E-state index contributed by atoms with van der Waals surface area (Å²) in [5.41, 5.74) is 6.48. The number of hydrogen-bond donors (Lipinski definition) is 1. The third kappa shape index (κ3) is 2.44. The molecule has 6 heteroatoms. The van der Waals surface area contributed by atoms with Gasteiger partial charge in [0.25, 0.3) is 0 Å². The van der Waals surface area contributed by atoms with Crippen LogP contribution in [-0.2, 0) is 15.7 Å². The Balaban J connectivity index is 2.28. The first-order chi connectivity index (χ1) is 8.77. The minimum absolute atomic E-state index is 0.244. The van der Waals surface area contributed by atoms with Gasteiger partial charge >= 0.3 is 7.12 Å². The lowest BCUT2D eigenvalue weighted by atomic mass is 9.79. The van der Waals surface area contributed by atoms with Crippen LogP contribution in [-0.4, -0.2) is 23.3 Å². The molecule has 0 saturated carbocycles. The summed E-state index contributed by atoms with van der Waals surface area (Å²) in [5.74, 6) is 0.353. The third-order valence-corrected chi connectivity index (χ3v) is 3.78. The Morgan fingerprint density at radius 2 is 1.84 bits per heavy atom. The van der Waals surface area contributed by atoms with Gasteiger partial charge < -0.3 is 15.0 Å². The highest BCUT2D eigenvalue weighted by Crippen LogP contribution is 2.36. The molecule has 0 atom stereocenters. The van der Waals surface area contributed by atoms with E-state index in [-0.39, 0.29) is 6.42 Å². The standard InChI is InChI=1S/C13H18BN3O2/c1-12(2)13(3,4)19-14(18-12)10-6-5-9(7-8-15)17-11(10)16/h5-6H,7H2,1-4H3,(H2,16,17). The maximum absolute atomic E-state index is 8.65. The Bertz CT molecular complexity index is 521. The lowest BCUT2D eigenvalue weighted by molar-refractivity contribution is 0.00578. The average Bonchev–Trinajstić information content (AvgIpc) is 2.48. The van der Waals surface area contributed by atoms with Crippen molar-refractivity contribution in [2.45, 2.75) is 45.3 Å². The molecule has 0 amide bonds. The van der Waals surface area contributed by atoms with Crippen LogP contribution in [0, 0.1) is 11.3 Å². The van der Waals surface area contributed by atoms with E-state index in [0.29, 0.717) is 17.0 Å². The summed E-state index contributed by atoms with van der Waals surface area (Å²) < 4.78 is 11.8. The van der Waals surface area contributed by atoms with Gasteiger partial charge in [0.2, 0.25) is 0 Å². The van der Waals surface area contributed by atoms with Gasteiger partial charge in [-0.2, -0.15) is 5.26 Å². The zero-order chi connectivity index (χ0) is 14.3. The number of anilines is 1. The van der Waals surface area contributed by atoms with Crippen molar-refractivity contribution in [1.82, 2.24) is 4.98 Å². The normalized spacial score (nSPS) is 20.3. The number of nitrogens with two attached hydrogens (primary N) is 1. The molecule has 0 unspecified atom stereocenters. The fourth-order valence-corrected chi connectivity index (χ4v) is 1.88. The quantitative estimate of drug-likeness (QED) is 0.802. The van der Waals surface area contributed by atoms with Gasteiger partial charge in [0.05, 0.1) is 29.4 Å². The molecule has 0 aromatic carbocycles. The zero-order valence-corrected chi connectivity index (χ0v) is 11.7.